The summed E-state index contributed by atoms with van der Waals surface area (Å²) in [5.74, 6) is 1.74. The van der Waals surface area contributed by atoms with Crippen molar-refractivity contribution in [2.75, 3.05) is 30.9 Å². The second-order valence-electron chi connectivity index (χ2n) is 6.45. The summed E-state index contributed by atoms with van der Waals surface area (Å²) in [4.78, 5) is 17.1. The summed E-state index contributed by atoms with van der Waals surface area (Å²) in [7, 11) is 0. The van der Waals surface area contributed by atoms with Gasteiger partial charge in [-0.05, 0) is 42.8 Å². The number of nitrogen functional groups attached to an aromatic ring is 1. The van der Waals surface area contributed by atoms with Crippen LogP contribution in [0.4, 0.5) is 10.8 Å². The summed E-state index contributed by atoms with van der Waals surface area (Å²) in [5.41, 5.74) is 8.52. The van der Waals surface area contributed by atoms with E-state index in [-0.39, 0.29) is 5.91 Å². The first kappa shape index (κ1) is 19.1. The van der Waals surface area contributed by atoms with Crippen LogP contribution in [0, 0.1) is 0 Å². The summed E-state index contributed by atoms with van der Waals surface area (Å²) < 4.78 is 16.7. The average Bonchev–Trinajstić information content (AvgIpc) is 3.21. The quantitative estimate of drug-likeness (QED) is 0.590. The Morgan fingerprint density at radius 2 is 2.03 bits per heavy atom. The highest BCUT2D eigenvalue weighted by atomic mass is 32.1. The molecular formula is C21H21N3O4S. The zero-order valence-electron chi connectivity index (χ0n) is 15.9. The van der Waals surface area contributed by atoms with E-state index in [1.807, 2.05) is 30.5 Å². The molecule has 29 heavy (non-hydrogen) atoms. The number of carbonyl (C=O) groups excluding carboxylic acids is 1. The Morgan fingerprint density at radius 3 is 2.83 bits per heavy atom. The van der Waals surface area contributed by atoms with Gasteiger partial charge in [0.15, 0.2) is 16.6 Å². The first-order valence-electron chi connectivity index (χ1n) is 9.33. The first-order chi connectivity index (χ1) is 14.1. The third-order valence-electron chi connectivity index (χ3n) is 4.30. The molecule has 0 saturated heterocycles. The lowest BCUT2D eigenvalue weighted by Gasteiger charge is -2.18. The Kier molecular flexibility index (Phi) is 5.53. The zero-order valence-corrected chi connectivity index (χ0v) is 16.8. The summed E-state index contributed by atoms with van der Waals surface area (Å²) in [6.07, 6.45) is 0.886. The Balaban J connectivity index is 1.46. The van der Waals surface area contributed by atoms with E-state index in [9.17, 15) is 4.79 Å². The third kappa shape index (κ3) is 4.27. The van der Waals surface area contributed by atoms with Gasteiger partial charge < -0.3 is 19.9 Å². The highest BCUT2D eigenvalue weighted by Crippen LogP contribution is 2.35. The molecule has 150 valence electrons. The van der Waals surface area contributed by atoms with Crippen molar-refractivity contribution in [3.05, 3.63) is 47.3 Å². The monoisotopic (exact) mass is 411 g/mol. The minimum absolute atomic E-state index is 0.276. The number of anilines is 2. The van der Waals surface area contributed by atoms with E-state index in [0.29, 0.717) is 47.7 Å². The van der Waals surface area contributed by atoms with Crippen LogP contribution in [0.2, 0.25) is 0 Å². The molecule has 0 aliphatic carbocycles. The van der Waals surface area contributed by atoms with Crippen LogP contribution in [0.5, 0.6) is 17.2 Å². The van der Waals surface area contributed by atoms with E-state index in [4.69, 9.17) is 19.9 Å². The molecule has 0 unspecified atom stereocenters. The molecule has 1 amide bonds. The maximum absolute atomic E-state index is 12.6. The molecule has 0 spiro atoms. The van der Waals surface area contributed by atoms with Crippen molar-refractivity contribution in [1.29, 1.82) is 0 Å². The van der Waals surface area contributed by atoms with E-state index in [2.05, 4.69) is 10.3 Å². The second kappa shape index (κ2) is 8.40. The van der Waals surface area contributed by atoms with Gasteiger partial charge in [-0.2, -0.15) is 0 Å². The van der Waals surface area contributed by atoms with Gasteiger partial charge in [0.05, 0.1) is 18.0 Å². The number of ether oxygens (including phenoxy) is 3. The lowest BCUT2D eigenvalue weighted by Crippen LogP contribution is -2.15. The molecule has 3 aromatic rings. The highest BCUT2D eigenvalue weighted by molar-refractivity contribution is 7.14. The van der Waals surface area contributed by atoms with Gasteiger partial charge in [-0.3, -0.25) is 10.1 Å². The number of benzene rings is 2. The standard InChI is InChI=1S/C21H21N3O4S/c1-2-7-26-17-5-4-14(10-15(17)22)20(25)24-21-23-16(12-29-21)13-3-6-18-19(11-13)28-9-8-27-18/h3-6,10-12H,2,7-9,22H2,1H3,(H,23,24,25). The third-order valence-corrected chi connectivity index (χ3v) is 5.05. The molecule has 0 saturated carbocycles. The Morgan fingerprint density at radius 1 is 1.21 bits per heavy atom. The number of rotatable bonds is 6. The molecule has 0 fully saturated rings. The summed E-state index contributed by atoms with van der Waals surface area (Å²) in [6, 6.07) is 10.7. The number of nitrogens with one attached hydrogen (secondary N) is 1. The molecular weight excluding hydrogens is 390 g/mol. The molecule has 1 aliphatic heterocycles. The SMILES string of the molecule is CCCOc1ccc(C(=O)Nc2nc(-c3ccc4c(c3)OCCO4)cs2)cc1N. The van der Waals surface area contributed by atoms with Gasteiger partial charge in [-0.15, -0.1) is 11.3 Å². The molecule has 1 aromatic heterocycles. The number of nitrogens with two attached hydrogens (primary N) is 1. The minimum atomic E-state index is -0.276. The molecule has 4 rings (SSSR count). The first-order valence-corrected chi connectivity index (χ1v) is 10.2. The van der Waals surface area contributed by atoms with Crippen molar-refractivity contribution in [3.8, 4) is 28.5 Å². The number of amides is 1. The van der Waals surface area contributed by atoms with Gasteiger partial charge >= 0.3 is 0 Å². The van der Waals surface area contributed by atoms with Crippen LogP contribution in [-0.4, -0.2) is 30.7 Å². The van der Waals surface area contributed by atoms with Gasteiger partial charge in [-0.25, -0.2) is 4.98 Å². The fourth-order valence-electron chi connectivity index (χ4n) is 2.87. The fraction of sp³-hybridized carbons (Fsp3) is 0.238. The van der Waals surface area contributed by atoms with Crippen molar-refractivity contribution in [1.82, 2.24) is 4.98 Å². The van der Waals surface area contributed by atoms with Crippen LogP contribution in [0.25, 0.3) is 11.3 Å². The molecule has 0 atom stereocenters. The molecule has 0 radical (unpaired) electrons. The van der Waals surface area contributed by atoms with Gasteiger partial charge in [0.2, 0.25) is 0 Å². The van der Waals surface area contributed by atoms with Crippen molar-refractivity contribution in [2.24, 2.45) is 0 Å². The van der Waals surface area contributed by atoms with Gasteiger partial charge in [-0.1, -0.05) is 6.92 Å². The van der Waals surface area contributed by atoms with Crippen molar-refractivity contribution < 1.29 is 19.0 Å². The fourth-order valence-corrected chi connectivity index (χ4v) is 3.58. The van der Waals surface area contributed by atoms with Crippen molar-refractivity contribution in [2.45, 2.75) is 13.3 Å². The lowest BCUT2D eigenvalue weighted by atomic mass is 10.1. The molecule has 3 N–H and O–H groups in total. The van der Waals surface area contributed by atoms with Gasteiger partial charge in [0.1, 0.15) is 19.0 Å². The number of aromatic nitrogens is 1. The maximum atomic E-state index is 12.6. The summed E-state index contributed by atoms with van der Waals surface area (Å²) >= 11 is 1.35. The number of carbonyl (C=O) groups is 1. The number of nitrogens with zero attached hydrogens (tertiary/aromatic N) is 1. The van der Waals surface area contributed by atoms with E-state index in [1.165, 1.54) is 11.3 Å². The zero-order chi connectivity index (χ0) is 20.2. The van der Waals surface area contributed by atoms with Crippen LogP contribution in [0.15, 0.2) is 41.8 Å². The van der Waals surface area contributed by atoms with E-state index >= 15 is 0 Å². The lowest BCUT2D eigenvalue weighted by molar-refractivity contribution is 0.102. The number of fused-ring (bicyclic) bond motifs is 1. The number of hydrogen-bond donors (Lipinski definition) is 2. The normalized spacial score (nSPS) is 12.4. The second-order valence-corrected chi connectivity index (χ2v) is 7.31. The summed E-state index contributed by atoms with van der Waals surface area (Å²) in [5, 5.41) is 5.21. The highest BCUT2D eigenvalue weighted by Gasteiger charge is 2.15. The van der Waals surface area contributed by atoms with Crippen LogP contribution >= 0.6 is 11.3 Å². The Hall–Kier alpha value is -3.26. The molecule has 1 aliphatic rings. The van der Waals surface area contributed by atoms with Crippen LogP contribution in [0.1, 0.15) is 23.7 Å². The minimum Gasteiger partial charge on any atom is -0.491 e. The van der Waals surface area contributed by atoms with E-state index < -0.39 is 0 Å². The van der Waals surface area contributed by atoms with Crippen LogP contribution < -0.4 is 25.3 Å². The van der Waals surface area contributed by atoms with Crippen LogP contribution in [-0.2, 0) is 0 Å². The molecule has 7 nitrogen and oxygen atoms in total. The molecule has 2 aromatic carbocycles. The Bertz CT molecular complexity index is 1030. The topological polar surface area (TPSA) is 95.7 Å². The average molecular weight is 411 g/mol. The van der Waals surface area contributed by atoms with Crippen LogP contribution in [0.3, 0.4) is 0 Å². The number of hydrogen-bond acceptors (Lipinski definition) is 7. The van der Waals surface area contributed by atoms with Crippen molar-refractivity contribution >= 4 is 28.1 Å². The molecule has 8 heteroatoms. The Labute approximate surface area is 172 Å². The van der Waals surface area contributed by atoms with Gasteiger partial charge in [0, 0.05) is 16.5 Å². The molecule has 2 heterocycles. The maximum Gasteiger partial charge on any atom is 0.257 e. The smallest absolute Gasteiger partial charge is 0.257 e. The predicted molar refractivity (Wildman–Crippen MR) is 113 cm³/mol. The van der Waals surface area contributed by atoms with E-state index in [1.54, 1.807) is 18.2 Å². The van der Waals surface area contributed by atoms with Gasteiger partial charge in [0.25, 0.3) is 5.91 Å². The number of thiazole rings is 1. The van der Waals surface area contributed by atoms with E-state index in [0.717, 1.165) is 23.4 Å². The summed E-state index contributed by atoms with van der Waals surface area (Å²) in [6.45, 7) is 3.68. The van der Waals surface area contributed by atoms with Crippen molar-refractivity contribution in [3.63, 3.8) is 0 Å². The largest absolute Gasteiger partial charge is 0.491 e. The predicted octanol–water partition coefficient (Wildman–Crippen LogP) is 4.20. The molecule has 0 bridgehead atoms.